The van der Waals surface area contributed by atoms with Gasteiger partial charge in [-0.1, -0.05) is 36.4 Å². The standard InChI is InChI=1S/C22H20N4OS/c1-2-7-15(8-3-1)17-14-28-22-19(17)21(24-13-16-9-6-12-27-16)25-20(26-22)18-10-4-5-11-23-18/h1-5,7-8,10-11,14,16H,6,9,12-13H2,(H,24,25,26)/t16-/m0/s1. The number of rotatable bonds is 5. The molecule has 3 aromatic heterocycles. The second-order valence-corrected chi connectivity index (χ2v) is 7.68. The lowest BCUT2D eigenvalue weighted by Crippen LogP contribution is -2.19. The van der Waals surface area contributed by atoms with Crippen LogP contribution in [0, 0.1) is 0 Å². The van der Waals surface area contributed by atoms with Gasteiger partial charge in [-0.2, -0.15) is 0 Å². The summed E-state index contributed by atoms with van der Waals surface area (Å²) in [4.78, 5) is 15.1. The van der Waals surface area contributed by atoms with Crippen LogP contribution < -0.4 is 5.32 Å². The number of benzene rings is 1. The number of hydrogen-bond donors (Lipinski definition) is 1. The summed E-state index contributed by atoms with van der Waals surface area (Å²) in [7, 11) is 0. The largest absolute Gasteiger partial charge is 0.376 e. The number of nitrogens with one attached hydrogen (secondary N) is 1. The van der Waals surface area contributed by atoms with E-state index in [2.05, 4.69) is 39.9 Å². The van der Waals surface area contributed by atoms with E-state index in [9.17, 15) is 0 Å². The highest BCUT2D eigenvalue weighted by molar-refractivity contribution is 7.17. The maximum atomic E-state index is 5.78. The minimum atomic E-state index is 0.238. The van der Waals surface area contributed by atoms with Gasteiger partial charge in [-0.05, 0) is 30.5 Å². The van der Waals surface area contributed by atoms with Crippen LogP contribution in [0.3, 0.4) is 0 Å². The van der Waals surface area contributed by atoms with Gasteiger partial charge in [0.25, 0.3) is 0 Å². The van der Waals surface area contributed by atoms with Crippen molar-refractivity contribution in [3.05, 3.63) is 60.1 Å². The summed E-state index contributed by atoms with van der Waals surface area (Å²) in [6.07, 6.45) is 4.22. The molecule has 1 atom stereocenters. The third kappa shape index (κ3) is 3.37. The van der Waals surface area contributed by atoms with Crippen LogP contribution in [0.5, 0.6) is 0 Å². The van der Waals surface area contributed by atoms with Crippen molar-refractivity contribution in [2.24, 2.45) is 0 Å². The van der Waals surface area contributed by atoms with Crippen LogP contribution in [-0.4, -0.2) is 34.2 Å². The van der Waals surface area contributed by atoms with Crippen LogP contribution in [0.25, 0.3) is 32.9 Å². The zero-order chi connectivity index (χ0) is 18.8. The molecule has 0 unspecified atom stereocenters. The molecule has 140 valence electrons. The number of aromatic nitrogens is 3. The number of ether oxygens (including phenoxy) is 1. The Morgan fingerprint density at radius 3 is 2.75 bits per heavy atom. The molecule has 1 aromatic carbocycles. The molecular formula is C22H20N4OS. The van der Waals surface area contributed by atoms with Gasteiger partial charge in [-0.15, -0.1) is 11.3 Å². The average molecular weight is 388 g/mol. The van der Waals surface area contributed by atoms with Crippen LogP contribution in [0.15, 0.2) is 60.1 Å². The first-order chi connectivity index (χ1) is 13.9. The highest BCUT2D eigenvalue weighted by Crippen LogP contribution is 2.38. The van der Waals surface area contributed by atoms with Crippen molar-refractivity contribution in [3.8, 4) is 22.6 Å². The van der Waals surface area contributed by atoms with Gasteiger partial charge in [-0.3, -0.25) is 4.98 Å². The molecule has 0 aliphatic carbocycles. The lowest BCUT2D eigenvalue weighted by atomic mass is 10.1. The fraction of sp³-hybridized carbons (Fsp3) is 0.227. The van der Waals surface area contributed by atoms with Gasteiger partial charge in [0, 0.05) is 30.3 Å². The first kappa shape index (κ1) is 17.3. The Hall–Kier alpha value is -2.83. The van der Waals surface area contributed by atoms with Gasteiger partial charge < -0.3 is 10.1 Å². The molecule has 4 heterocycles. The number of thiophene rings is 1. The fourth-order valence-corrected chi connectivity index (χ4v) is 4.47. The van der Waals surface area contributed by atoms with Crippen LogP contribution >= 0.6 is 11.3 Å². The zero-order valence-electron chi connectivity index (χ0n) is 15.3. The van der Waals surface area contributed by atoms with E-state index in [-0.39, 0.29) is 6.10 Å². The van der Waals surface area contributed by atoms with E-state index in [0.717, 1.165) is 53.3 Å². The van der Waals surface area contributed by atoms with Gasteiger partial charge in [0.1, 0.15) is 16.3 Å². The van der Waals surface area contributed by atoms with Gasteiger partial charge in [0.15, 0.2) is 5.82 Å². The Kier molecular flexibility index (Phi) is 4.72. The van der Waals surface area contributed by atoms with Gasteiger partial charge >= 0.3 is 0 Å². The maximum absolute atomic E-state index is 5.78. The van der Waals surface area contributed by atoms with Gasteiger partial charge in [-0.25, -0.2) is 9.97 Å². The number of pyridine rings is 1. The van der Waals surface area contributed by atoms with E-state index in [1.807, 2.05) is 24.3 Å². The Labute approximate surface area is 167 Å². The van der Waals surface area contributed by atoms with Crippen molar-refractivity contribution >= 4 is 27.4 Å². The van der Waals surface area contributed by atoms with Crippen molar-refractivity contribution in [2.75, 3.05) is 18.5 Å². The summed E-state index contributed by atoms with van der Waals surface area (Å²) < 4.78 is 5.78. The SMILES string of the molecule is c1ccc(-c2csc3nc(-c4ccccn4)nc(NC[C@@H]4CCCO4)c23)cc1. The molecule has 0 amide bonds. The third-order valence-corrected chi connectivity index (χ3v) is 5.81. The minimum absolute atomic E-state index is 0.238. The summed E-state index contributed by atoms with van der Waals surface area (Å²) in [5.41, 5.74) is 3.10. The second-order valence-electron chi connectivity index (χ2n) is 6.82. The third-order valence-electron chi connectivity index (χ3n) is 4.93. The average Bonchev–Trinajstić information content (AvgIpc) is 3.43. The van der Waals surface area contributed by atoms with Gasteiger partial charge in [0.05, 0.1) is 11.5 Å². The monoisotopic (exact) mass is 388 g/mol. The Morgan fingerprint density at radius 1 is 1.07 bits per heavy atom. The number of nitrogens with zero attached hydrogens (tertiary/aromatic N) is 3. The fourth-order valence-electron chi connectivity index (χ4n) is 3.53. The Morgan fingerprint density at radius 2 is 1.96 bits per heavy atom. The predicted octanol–water partition coefficient (Wildman–Crippen LogP) is 5.01. The summed E-state index contributed by atoms with van der Waals surface area (Å²) in [6.45, 7) is 1.59. The van der Waals surface area contributed by atoms with Crippen molar-refractivity contribution < 1.29 is 4.74 Å². The summed E-state index contributed by atoms with van der Waals surface area (Å²) in [5, 5.41) is 6.76. The highest BCUT2D eigenvalue weighted by Gasteiger charge is 2.19. The highest BCUT2D eigenvalue weighted by atomic mass is 32.1. The molecule has 1 N–H and O–H groups in total. The Bertz CT molecular complexity index is 1080. The molecule has 0 spiro atoms. The first-order valence-electron chi connectivity index (χ1n) is 9.50. The van der Waals surface area contributed by atoms with Crippen molar-refractivity contribution in [2.45, 2.75) is 18.9 Å². The van der Waals surface area contributed by atoms with Crippen LogP contribution in [-0.2, 0) is 4.74 Å². The topological polar surface area (TPSA) is 59.9 Å². The minimum Gasteiger partial charge on any atom is -0.376 e. The summed E-state index contributed by atoms with van der Waals surface area (Å²) in [5.74, 6) is 1.49. The van der Waals surface area contributed by atoms with E-state index in [1.165, 1.54) is 5.56 Å². The molecule has 6 heteroatoms. The normalized spacial score (nSPS) is 16.5. The number of anilines is 1. The van der Waals surface area contributed by atoms with E-state index in [1.54, 1.807) is 17.5 Å². The van der Waals surface area contributed by atoms with E-state index < -0.39 is 0 Å². The quantitative estimate of drug-likeness (QED) is 0.521. The lowest BCUT2D eigenvalue weighted by Gasteiger charge is -2.14. The molecule has 28 heavy (non-hydrogen) atoms. The molecule has 1 aliphatic heterocycles. The second kappa shape index (κ2) is 7.66. The lowest BCUT2D eigenvalue weighted by molar-refractivity contribution is 0.120. The molecule has 1 aliphatic rings. The van der Waals surface area contributed by atoms with Crippen molar-refractivity contribution in [1.29, 1.82) is 0 Å². The number of hydrogen-bond acceptors (Lipinski definition) is 6. The first-order valence-corrected chi connectivity index (χ1v) is 10.4. The smallest absolute Gasteiger partial charge is 0.181 e. The molecule has 4 aromatic rings. The van der Waals surface area contributed by atoms with Crippen molar-refractivity contribution in [1.82, 2.24) is 15.0 Å². The molecular weight excluding hydrogens is 368 g/mol. The van der Waals surface area contributed by atoms with Gasteiger partial charge in [0.2, 0.25) is 0 Å². The number of fused-ring (bicyclic) bond motifs is 1. The van der Waals surface area contributed by atoms with E-state index in [4.69, 9.17) is 14.7 Å². The predicted molar refractivity (Wildman–Crippen MR) is 114 cm³/mol. The molecule has 0 bridgehead atoms. The molecule has 1 fully saturated rings. The van der Waals surface area contributed by atoms with Crippen LogP contribution in [0.2, 0.25) is 0 Å². The van der Waals surface area contributed by atoms with Crippen LogP contribution in [0.1, 0.15) is 12.8 Å². The zero-order valence-corrected chi connectivity index (χ0v) is 16.2. The maximum Gasteiger partial charge on any atom is 0.181 e. The molecule has 0 saturated carbocycles. The van der Waals surface area contributed by atoms with Crippen LogP contribution in [0.4, 0.5) is 5.82 Å². The Balaban J connectivity index is 1.61. The van der Waals surface area contributed by atoms with E-state index >= 15 is 0 Å². The van der Waals surface area contributed by atoms with Crippen molar-refractivity contribution in [3.63, 3.8) is 0 Å². The summed E-state index contributed by atoms with van der Waals surface area (Å²) >= 11 is 1.64. The molecule has 5 nitrogen and oxygen atoms in total. The summed E-state index contributed by atoms with van der Waals surface area (Å²) in [6, 6.07) is 16.2. The molecule has 1 saturated heterocycles. The molecule has 5 rings (SSSR count). The van der Waals surface area contributed by atoms with E-state index in [0.29, 0.717) is 5.82 Å². The molecule has 0 radical (unpaired) electrons.